The topological polar surface area (TPSA) is 83.7 Å². The molecular formula is C20H28N6O2. The largest absolute Gasteiger partial charge is 0.355 e. The van der Waals surface area contributed by atoms with Crippen molar-refractivity contribution in [1.29, 1.82) is 0 Å². The summed E-state index contributed by atoms with van der Waals surface area (Å²) in [5, 5.41) is 13.5. The monoisotopic (exact) mass is 384 g/mol. The van der Waals surface area contributed by atoms with Crippen molar-refractivity contribution in [2.45, 2.75) is 71.6 Å². The summed E-state index contributed by atoms with van der Waals surface area (Å²) in [4.78, 5) is 28.5. The predicted molar refractivity (Wildman–Crippen MR) is 107 cm³/mol. The van der Waals surface area contributed by atoms with Gasteiger partial charge in [-0.25, -0.2) is 4.90 Å². The molecule has 8 nitrogen and oxygen atoms in total. The number of carbonyl (C=O) groups excluding carboxylic acids is 2. The van der Waals surface area contributed by atoms with Gasteiger partial charge in [0.25, 0.3) is 5.95 Å². The van der Waals surface area contributed by atoms with E-state index < -0.39 is 0 Å². The highest BCUT2D eigenvalue weighted by atomic mass is 16.2. The molecule has 0 bridgehead atoms. The zero-order valence-corrected chi connectivity index (χ0v) is 16.8. The van der Waals surface area contributed by atoms with Gasteiger partial charge in [0.15, 0.2) is 11.5 Å². The third-order valence-electron chi connectivity index (χ3n) is 5.79. The Morgan fingerprint density at radius 2 is 1.54 bits per heavy atom. The SMILES string of the molecule is CCC(=O)N(C(=O)CC)c1nnc2c3c(c(N4CCCCC4)nn12)CCCC3. The van der Waals surface area contributed by atoms with E-state index in [9.17, 15) is 9.59 Å². The number of aryl methyl sites for hydroxylation is 1. The zero-order chi connectivity index (χ0) is 19.7. The van der Waals surface area contributed by atoms with Crippen molar-refractivity contribution in [3.8, 4) is 0 Å². The summed E-state index contributed by atoms with van der Waals surface area (Å²) in [6.07, 6.45) is 8.23. The van der Waals surface area contributed by atoms with Crippen LogP contribution in [-0.4, -0.2) is 44.7 Å². The van der Waals surface area contributed by atoms with E-state index in [1.165, 1.54) is 17.5 Å². The highest BCUT2D eigenvalue weighted by molar-refractivity contribution is 6.13. The molecule has 3 heterocycles. The minimum atomic E-state index is -0.278. The van der Waals surface area contributed by atoms with E-state index in [4.69, 9.17) is 5.10 Å². The molecule has 4 rings (SSSR count). The Hall–Kier alpha value is -2.51. The first-order chi connectivity index (χ1) is 13.7. The lowest BCUT2D eigenvalue weighted by Crippen LogP contribution is -2.38. The third kappa shape index (κ3) is 3.14. The summed E-state index contributed by atoms with van der Waals surface area (Å²) in [6.45, 7) is 5.48. The molecule has 1 fully saturated rings. The Morgan fingerprint density at radius 3 is 2.18 bits per heavy atom. The maximum absolute atomic E-state index is 12.5. The molecule has 0 saturated carbocycles. The number of anilines is 2. The van der Waals surface area contributed by atoms with Crippen molar-refractivity contribution in [2.75, 3.05) is 22.9 Å². The number of rotatable bonds is 4. The Balaban J connectivity index is 1.90. The fourth-order valence-corrected chi connectivity index (χ4v) is 4.28. The molecule has 1 saturated heterocycles. The first kappa shape index (κ1) is 18.8. The fraction of sp³-hybridized carbons (Fsp3) is 0.650. The summed E-state index contributed by atoms with van der Waals surface area (Å²) in [6, 6.07) is 0. The first-order valence-electron chi connectivity index (χ1n) is 10.5. The van der Waals surface area contributed by atoms with Crippen molar-refractivity contribution in [3.63, 3.8) is 0 Å². The van der Waals surface area contributed by atoms with Crippen molar-refractivity contribution in [3.05, 3.63) is 11.1 Å². The Labute approximate surface area is 164 Å². The summed E-state index contributed by atoms with van der Waals surface area (Å²) in [5.74, 6) is 0.650. The molecule has 2 aromatic heterocycles. The number of piperidine rings is 1. The predicted octanol–water partition coefficient (Wildman–Crippen LogP) is 2.67. The summed E-state index contributed by atoms with van der Waals surface area (Å²) < 4.78 is 1.63. The number of nitrogens with zero attached hydrogens (tertiary/aromatic N) is 6. The highest BCUT2D eigenvalue weighted by Crippen LogP contribution is 2.33. The molecule has 0 atom stereocenters. The number of hydrogen-bond donors (Lipinski definition) is 0. The van der Waals surface area contributed by atoms with Gasteiger partial charge in [-0.1, -0.05) is 13.8 Å². The van der Waals surface area contributed by atoms with E-state index in [0.717, 1.165) is 62.3 Å². The van der Waals surface area contributed by atoms with Gasteiger partial charge >= 0.3 is 0 Å². The summed E-state index contributed by atoms with van der Waals surface area (Å²) in [5.41, 5.74) is 3.13. The summed E-state index contributed by atoms with van der Waals surface area (Å²) in [7, 11) is 0. The normalized spacial score (nSPS) is 16.9. The summed E-state index contributed by atoms with van der Waals surface area (Å²) >= 11 is 0. The molecule has 0 spiro atoms. The average molecular weight is 384 g/mol. The van der Waals surface area contributed by atoms with Crippen molar-refractivity contribution in [1.82, 2.24) is 19.8 Å². The lowest BCUT2D eigenvalue weighted by molar-refractivity contribution is -0.126. The maximum Gasteiger partial charge on any atom is 0.262 e. The van der Waals surface area contributed by atoms with Gasteiger partial charge in [-0.3, -0.25) is 9.59 Å². The smallest absolute Gasteiger partial charge is 0.262 e. The van der Waals surface area contributed by atoms with Gasteiger partial charge in [0.2, 0.25) is 11.8 Å². The number of carbonyl (C=O) groups is 2. The van der Waals surface area contributed by atoms with Gasteiger partial charge < -0.3 is 4.90 Å². The molecule has 2 amide bonds. The maximum atomic E-state index is 12.5. The van der Waals surface area contributed by atoms with E-state index in [2.05, 4.69) is 15.1 Å². The molecule has 1 aliphatic heterocycles. The third-order valence-corrected chi connectivity index (χ3v) is 5.79. The van der Waals surface area contributed by atoms with Crippen LogP contribution in [0.25, 0.3) is 5.65 Å². The van der Waals surface area contributed by atoms with Crippen LogP contribution in [0.4, 0.5) is 11.8 Å². The standard InChI is InChI=1S/C20H28N6O2/c1-3-16(27)25(17(28)4-2)20-22-21-18-14-10-6-7-11-15(14)19(23-26(18)20)24-12-8-5-9-13-24/h3-13H2,1-2H3. The number of aromatic nitrogens is 4. The van der Waals surface area contributed by atoms with E-state index in [1.54, 1.807) is 18.4 Å². The molecule has 0 aromatic carbocycles. The minimum absolute atomic E-state index is 0.223. The van der Waals surface area contributed by atoms with Gasteiger partial charge in [0, 0.05) is 37.1 Å². The lowest BCUT2D eigenvalue weighted by atomic mass is 9.92. The molecular weight excluding hydrogens is 356 g/mol. The van der Waals surface area contributed by atoms with Crippen LogP contribution < -0.4 is 9.80 Å². The van der Waals surface area contributed by atoms with E-state index in [-0.39, 0.29) is 30.6 Å². The molecule has 0 N–H and O–H groups in total. The van der Waals surface area contributed by atoms with E-state index >= 15 is 0 Å². The molecule has 0 radical (unpaired) electrons. The Morgan fingerprint density at radius 1 is 0.893 bits per heavy atom. The van der Waals surface area contributed by atoms with Gasteiger partial charge in [0.1, 0.15) is 0 Å². The molecule has 1 aliphatic carbocycles. The van der Waals surface area contributed by atoms with Gasteiger partial charge in [0.05, 0.1) is 0 Å². The molecule has 2 aliphatic rings. The van der Waals surface area contributed by atoms with Crippen LogP contribution in [0.3, 0.4) is 0 Å². The van der Waals surface area contributed by atoms with Crippen LogP contribution in [0.15, 0.2) is 0 Å². The van der Waals surface area contributed by atoms with Crippen LogP contribution >= 0.6 is 0 Å². The quantitative estimate of drug-likeness (QED) is 0.806. The minimum Gasteiger partial charge on any atom is -0.355 e. The second-order valence-corrected chi connectivity index (χ2v) is 7.60. The van der Waals surface area contributed by atoms with Gasteiger partial charge in [-0.15, -0.1) is 15.3 Å². The van der Waals surface area contributed by atoms with E-state index in [0.29, 0.717) is 5.65 Å². The average Bonchev–Trinajstić information content (AvgIpc) is 3.17. The molecule has 8 heteroatoms. The fourth-order valence-electron chi connectivity index (χ4n) is 4.28. The number of imide groups is 1. The molecule has 150 valence electrons. The number of hydrogen-bond acceptors (Lipinski definition) is 6. The Kier molecular flexibility index (Phi) is 5.28. The number of fused-ring (bicyclic) bond motifs is 3. The van der Waals surface area contributed by atoms with E-state index in [1.807, 2.05) is 0 Å². The van der Waals surface area contributed by atoms with Crippen LogP contribution in [0.5, 0.6) is 0 Å². The van der Waals surface area contributed by atoms with Crippen LogP contribution in [0, 0.1) is 0 Å². The molecule has 2 aromatic rings. The molecule has 28 heavy (non-hydrogen) atoms. The second kappa shape index (κ2) is 7.85. The van der Waals surface area contributed by atoms with Gasteiger partial charge in [-0.2, -0.15) is 4.52 Å². The van der Waals surface area contributed by atoms with Crippen molar-refractivity contribution in [2.24, 2.45) is 0 Å². The number of amides is 2. The lowest BCUT2D eigenvalue weighted by Gasteiger charge is -2.31. The van der Waals surface area contributed by atoms with Crippen molar-refractivity contribution >= 4 is 29.2 Å². The van der Waals surface area contributed by atoms with Gasteiger partial charge in [-0.05, 0) is 44.9 Å². The van der Waals surface area contributed by atoms with Crippen LogP contribution in [0.2, 0.25) is 0 Å². The van der Waals surface area contributed by atoms with Crippen molar-refractivity contribution < 1.29 is 9.59 Å². The second-order valence-electron chi connectivity index (χ2n) is 7.60. The Bertz CT molecular complexity index is 884. The first-order valence-corrected chi connectivity index (χ1v) is 10.5. The highest BCUT2D eigenvalue weighted by Gasteiger charge is 2.30. The zero-order valence-electron chi connectivity index (χ0n) is 16.8. The van der Waals surface area contributed by atoms with Crippen LogP contribution in [0.1, 0.15) is 69.9 Å². The molecule has 0 unspecified atom stereocenters. The van der Waals surface area contributed by atoms with Crippen LogP contribution in [-0.2, 0) is 22.4 Å².